The van der Waals surface area contributed by atoms with Crippen LogP contribution in [0.1, 0.15) is 29.7 Å². The average Bonchev–Trinajstić information content (AvgIpc) is 2.79. The van der Waals surface area contributed by atoms with Crippen LogP contribution in [0.3, 0.4) is 0 Å². The van der Waals surface area contributed by atoms with Crippen molar-refractivity contribution in [1.29, 1.82) is 0 Å². The molecule has 2 amide bonds. The third-order valence-electron chi connectivity index (χ3n) is 5.68. The first-order valence-corrected chi connectivity index (χ1v) is 10.5. The summed E-state index contributed by atoms with van der Waals surface area (Å²) in [5, 5.41) is 16.5. The molecule has 2 aromatic rings. The van der Waals surface area contributed by atoms with Crippen LogP contribution in [0.4, 0.5) is 10.5 Å². The third kappa shape index (κ3) is 4.47. The van der Waals surface area contributed by atoms with Crippen molar-refractivity contribution in [3.8, 4) is 0 Å². The van der Waals surface area contributed by atoms with Gasteiger partial charge in [0, 0.05) is 37.5 Å². The van der Waals surface area contributed by atoms with Crippen molar-refractivity contribution in [3.63, 3.8) is 0 Å². The number of hydrogen-bond acceptors (Lipinski definition) is 6. The lowest BCUT2D eigenvalue weighted by Gasteiger charge is -2.34. The molecule has 0 radical (unpaired) electrons. The van der Waals surface area contributed by atoms with E-state index in [0.717, 1.165) is 13.0 Å². The molecular formula is C23H24N4O5. The lowest BCUT2D eigenvalue weighted by molar-refractivity contribution is -0.384. The second-order valence-electron chi connectivity index (χ2n) is 7.72. The summed E-state index contributed by atoms with van der Waals surface area (Å²) in [6, 6.07) is 12.8. The number of carbonyl (C=O) groups excluding carboxylic acids is 2. The number of rotatable bonds is 6. The van der Waals surface area contributed by atoms with Crippen molar-refractivity contribution in [2.45, 2.75) is 25.9 Å². The van der Waals surface area contributed by atoms with E-state index in [4.69, 9.17) is 4.74 Å². The highest BCUT2D eigenvalue weighted by Crippen LogP contribution is 2.30. The van der Waals surface area contributed by atoms with Crippen molar-refractivity contribution in [3.05, 3.63) is 86.6 Å². The van der Waals surface area contributed by atoms with Gasteiger partial charge in [-0.1, -0.05) is 24.3 Å². The van der Waals surface area contributed by atoms with Gasteiger partial charge in [-0.2, -0.15) is 0 Å². The summed E-state index contributed by atoms with van der Waals surface area (Å²) >= 11 is 0. The minimum absolute atomic E-state index is 0.0668. The Kier molecular flexibility index (Phi) is 6.18. The monoisotopic (exact) mass is 436 g/mol. The highest BCUT2D eigenvalue weighted by Gasteiger charge is 2.34. The number of amides is 2. The van der Waals surface area contributed by atoms with Gasteiger partial charge in [0.05, 0.1) is 23.1 Å². The molecule has 0 saturated carbocycles. The predicted octanol–water partition coefficient (Wildman–Crippen LogP) is 2.82. The maximum atomic E-state index is 12.9. The number of urea groups is 1. The number of fused-ring (bicyclic) bond motifs is 1. The first-order chi connectivity index (χ1) is 15.5. The molecule has 1 atom stereocenters. The van der Waals surface area contributed by atoms with Crippen LogP contribution in [0.2, 0.25) is 0 Å². The molecule has 0 saturated heterocycles. The predicted molar refractivity (Wildman–Crippen MR) is 117 cm³/mol. The van der Waals surface area contributed by atoms with Crippen LogP contribution in [0.25, 0.3) is 0 Å². The van der Waals surface area contributed by atoms with E-state index in [1.54, 1.807) is 19.1 Å². The largest absolute Gasteiger partial charge is 0.463 e. The van der Waals surface area contributed by atoms with Gasteiger partial charge in [-0.25, -0.2) is 9.59 Å². The van der Waals surface area contributed by atoms with Crippen molar-refractivity contribution >= 4 is 17.7 Å². The molecule has 2 aliphatic heterocycles. The number of nitrogens with zero attached hydrogens (tertiary/aromatic N) is 2. The summed E-state index contributed by atoms with van der Waals surface area (Å²) in [4.78, 5) is 38.1. The van der Waals surface area contributed by atoms with E-state index in [2.05, 4.69) is 27.7 Å². The molecule has 0 aromatic heterocycles. The first-order valence-electron chi connectivity index (χ1n) is 10.5. The van der Waals surface area contributed by atoms with Crippen molar-refractivity contribution in [1.82, 2.24) is 15.5 Å². The number of ether oxygens (including phenoxy) is 1. The number of non-ortho nitro benzene ring substituents is 1. The molecule has 2 heterocycles. The third-order valence-corrected chi connectivity index (χ3v) is 5.68. The molecule has 4 rings (SSSR count). The molecule has 0 bridgehead atoms. The molecule has 2 N–H and O–H groups in total. The fourth-order valence-electron chi connectivity index (χ4n) is 4.14. The van der Waals surface area contributed by atoms with Gasteiger partial charge in [0.25, 0.3) is 5.69 Å². The van der Waals surface area contributed by atoms with Crippen LogP contribution in [0.15, 0.2) is 59.8 Å². The Hall–Kier alpha value is -3.72. The molecule has 0 fully saturated rings. The van der Waals surface area contributed by atoms with Crippen LogP contribution in [0, 0.1) is 10.1 Å². The number of carbonyl (C=O) groups is 2. The number of benzene rings is 2. The van der Waals surface area contributed by atoms with E-state index in [0.29, 0.717) is 29.9 Å². The summed E-state index contributed by atoms with van der Waals surface area (Å²) in [5.41, 5.74) is 3.82. The number of esters is 1. The van der Waals surface area contributed by atoms with E-state index in [1.165, 1.54) is 23.3 Å². The zero-order chi connectivity index (χ0) is 22.7. The molecule has 1 unspecified atom stereocenters. The minimum Gasteiger partial charge on any atom is -0.463 e. The molecule has 2 aliphatic rings. The van der Waals surface area contributed by atoms with Crippen LogP contribution in [-0.2, 0) is 22.5 Å². The second kappa shape index (κ2) is 9.19. The highest BCUT2D eigenvalue weighted by molar-refractivity contribution is 5.95. The van der Waals surface area contributed by atoms with E-state index in [-0.39, 0.29) is 12.3 Å². The van der Waals surface area contributed by atoms with Gasteiger partial charge in [0.15, 0.2) is 0 Å². The Morgan fingerprint density at radius 1 is 1.19 bits per heavy atom. The van der Waals surface area contributed by atoms with Gasteiger partial charge in [0.1, 0.15) is 0 Å². The van der Waals surface area contributed by atoms with E-state index < -0.39 is 23.0 Å². The van der Waals surface area contributed by atoms with E-state index in [1.807, 2.05) is 12.1 Å². The number of nitro groups is 1. The fraction of sp³-hybridized carbons (Fsp3) is 0.304. The summed E-state index contributed by atoms with van der Waals surface area (Å²) in [5.74, 6) is -0.532. The SMILES string of the molecule is CCOC(=O)C1=C(CN2CCc3ccccc3C2)NC(=O)NC1c1ccc([N+](=O)[O-])cc1. The van der Waals surface area contributed by atoms with E-state index >= 15 is 0 Å². The van der Waals surface area contributed by atoms with Crippen LogP contribution in [0.5, 0.6) is 0 Å². The average molecular weight is 436 g/mol. The second-order valence-corrected chi connectivity index (χ2v) is 7.72. The summed E-state index contributed by atoms with van der Waals surface area (Å²) < 4.78 is 5.29. The molecular weight excluding hydrogens is 412 g/mol. The standard InChI is InChI=1S/C23H24N4O5/c1-2-32-22(28)20-19(14-26-12-11-15-5-3-4-6-17(15)13-26)24-23(29)25-21(20)16-7-9-18(10-8-16)27(30)31/h3-10,21H,2,11-14H2,1H3,(H2,24,25,29). The number of hydrogen-bond donors (Lipinski definition) is 2. The zero-order valence-corrected chi connectivity index (χ0v) is 17.7. The molecule has 9 heteroatoms. The minimum atomic E-state index is -0.768. The molecule has 9 nitrogen and oxygen atoms in total. The normalized spacial score (nSPS) is 18.4. The summed E-state index contributed by atoms with van der Waals surface area (Å²) in [6.07, 6.45) is 0.885. The van der Waals surface area contributed by atoms with Gasteiger partial charge in [-0.3, -0.25) is 15.0 Å². The Bertz CT molecular complexity index is 1080. The Balaban J connectivity index is 1.67. The smallest absolute Gasteiger partial charge is 0.338 e. The number of nitro benzene ring substituents is 1. The Morgan fingerprint density at radius 2 is 1.91 bits per heavy atom. The summed E-state index contributed by atoms with van der Waals surface area (Å²) in [7, 11) is 0. The maximum absolute atomic E-state index is 12.9. The van der Waals surface area contributed by atoms with E-state index in [9.17, 15) is 19.7 Å². The molecule has 0 aliphatic carbocycles. The zero-order valence-electron chi connectivity index (χ0n) is 17.7. The number of nitrogens with one attached hydrogen (secondary N) is 2. The fourth-order valence-corrected chi connectivity index (χ4v) is 4.14. The van der Waals surface area contributed by atoms with Gasteiger partial charge < -0.3 is 15.4 Å². The lowest BCUT2D eigenvalue weighted by Crippen LogP contribution is -2.49. The lowest BCUT2D eigenvalue weighted by atomic mass is 9.94. The maximum Gasteiger partial charge on any atom is 0.338 e. The Morgan fingerprint density at radius 3 is 2.59 bits per heavy atom. The van der Waals surface area contributed by atoms with Gasteiger partial charge in [-0.15, -0.1) is 0 Å². The van der Waals surface area contributed by atoms with Crippen LogP contribution < -0.4 is 10.6 Å². The van der Waals surface area contributed by atoms with Crippen LogP contribution in [-0.4, -0.2) is 41.5 Å². The van der Waals surface area contributed by atoms with Gasteiger partial charge in [-0.05, 0) is 42.2 Å². The molecule has 0 spiro atoms. The first kappa shape index (κ1) is 21.5. The van der Waals surface area contributed by atoms with Gasteiger partial charge in [0.2, 0.25) is 0 Å². The molecule has 32 heavy (non-hydrogen) atoms. The molecule has 166 valence electrons. The summed E-state index contributed by atoms with van der Waals surface area (Å²) in [6.45, 7) is 3.78. The highest BCUT2D eigenvalue weighted by atomic mass is 16.6. The Labute approximate surface area is 185 Å². The van der Waals surface area contributed by atoms with Crippen LogP contribution >= 0.6 is 0 Å². The van der Waals surface area contributed by atoms with Crippen molar-refractivity contribution in [2.75, 3.05) is 19.7 Å². The quantitative estimate of drug-likeness (QED) is 0.409. The van der Waals surface area contributed by atoms with Crippen molar-refractivity contribution < 1.29 is 19.2 Å². The topological polar surface area (TPSA) is 114 Å². The van der Waals surface area contributed by atoms with Crippen molar-refractivity contribution in [2.24, 2.45) is 0 Å². The van der Waals surface area contributed by atoms with Gasteiger partial charge >= 0.3 is 12.0 Å². The molecule has 2 aromatic carbocycles.